The van der Waals surface area contributed by atoms with E-state index >= 15 is 0 Å². The van der Waals surface area contributed by atoms with Crippen LogP contribution in [0.25, 0.3) is 0 Å². The minimum Gasteiger partial charge on any atom is -0.465 e. The number of nitrogens with zero attached hydrogens (tertiary/aromatic N) is 2. The Kier molecular flexibility index (Phi) is 42.4. The fourth-order valence-corrected chi connectivity index (χ4v) is 9.26. The number of hydrogen-bond donors (Lipinski definition) is 2. The van der Waals surface area contributed by atoms with Crippen molar-refractivity contribution in [1.82, 2.24) is 9.80 Å². The van der Waals surface area contributed by atoms with Gasteiger partial charge in [-0.3, -0.25) is 9.69 Å². The van der Waals surface area contributed by atoms with E-state index in [1.54, 1.807) is 0 Å². The van der Waals surface area contributed by atoms with Gasteiger partial charge in [-0.25, -0.2) is 0 Å². The van der Waals surface area contributed by atoms with E-state index in [-0.39, 0.29) is 12.6 Å². The van der Waals surface area contributed by atoms with Crippen molar-refractivity contribution in [3.8, 4) is 0 Å². The fourth-order valence-electron chi connectivity index (χ4n) is 9.26. The van der Waals surface area contributed by atoms with Gasteiger partial charge in [-0.05, 0) is 95.6 Å². The van der Waals surface area contributed by atoms with E-state index in [9.17, 15) is 15.0 Å². The number of unbranched alkanes of at least 4 members (excludes halogenated alkanes) is 20. The first-order chi connectivity index (χ1) is 30.0. The summed E-state index contributed by atoms with van der Waals surface area (Å²) in [5, 5.41) is 20.7. The SMILES string of the molecule is CCCCCCCCC(CCCCCC)COC(=O)CCCCCN(CCCCCC(O)OCC(CCCCCC)CCCCCCCC)CCN(CCO)C1CCOCC1. The molecule has 0 aromatic heterocycles. The van der Waals surface area contributed by atoms with Gasteiger partial charge in [0, 0.05) is 45.3 Å². The maximum absolute atomic E-state index is 12.8. The molecule has 3 unspecified atom stereocenters. The molecule has 1 heterocycles. The molecule has 2 N–H and O–H groups in total. The Balaban J connectivity index is 2.54. The predicted octanol–water partition coefficient (Wildman–Crippen LogP) is 13.4. The van der Waals surface area contributed by atoms with Crippen LogP contribution in [0.3, 0.4) is 0 Å². The van der Waals surface area contributed by atoms with E-state index < -0.39 is 6.29 Å². The first-order valence-corrected chi connectivity index (χ1v) is 27.1. The largest absolute Gasteiger partial charge is 0.465 e. The van der Waals surface area contributed by atoms with Gasteiger partial charge in [-0.2, -0.15) is 0 Å². The maximum Gasteiger partial charge on any atom is 0.305 e. The molecule has 1 saturated heterocycles. The molecule has 0 radical (unpaired) electrons. The van der Waals surface area contributed by atoms with Crippen LogP contribution in [0.5, 0.6) is 0 Å². The van der Waals surface area contributed by atoms with Gasteiger partial charge in [0.1, 0.15) is 0 Å². The monoisotopic (exact) mass is 867 g/mol. The third-order valence-electron chi connectivity index (χ3n) is 13.4. The molecule has 0 aromatic carbocycles. The van der Waals surface area contributed by atoms with E-state index in [4.69, 9.17) is 14.2 Å². The summed E-state index contributed by atoms with van der Waals surface area (Å²) in [4.78, 5) is 17.9. The zero-order valence-electron chi connectivity index (χ0n) is 41.3. The highest BCUT2D eigenvalue weighted by Gasteiger charge is 2.22. The molecule has 1 aliphatic heterocycles. The van der Waals surface area contributed by atoms with Crippen molar-refractivity contribution >= 4 is 5.97 Å². The maximum atomic E-state index is 12.8. The lowest BCUT2D eigenvalue weighted by Crippen LogP contribution is -2.45. The Morgan fingerprint density at radius 3 is 1.51 bits per heavy atom. The van der Waals surface area contributed by atoms with Gasteiger partial charge < -0.3 is 29.3 Å². The summed E-state index contributed by atoms with van der Waals surface area (Å²) in [6, 6.07) is 0.485. The molecule has 0 amide bonds. The molecule has 3 atom stereocenters. The molecular formula is C53H106N2O6. The van der Waals surface area contributed by atoms with E-state index in [0.717, 1.165) is 97.3 Å². The topological polar surface area (TPSA) is 91.7 Å². The lowest BCUT2D eigenvalue weighted by molar-refractivity contribution is -0.145. The third kappa shape index (κ3) is 36.2. The molecular weight excluding hydrogens is 761 g/mol. The summed E-state index contributed by atoms with van der Waals surface area (Å²) in [7, 11) is 0. The van der Waals surface area contributed by atoms with Crippen LogP contribution in [-0.4, -0.2) is 104 Å². The molecule has 8 nitrogen and oxygen atoms in total. The van der Waals surface area contributed by atoms with Crippen LogP contribution in [0, 0.1) is 11.8 Å². The average Bonchev–Trinajstić information content (AvgIpc) is 3.27. The molecule has 0 saturated carbocycles. The number of ether oxygens (including phenoxy) is 3. The highest BCUT2D eigenvalue weighted by molar-refractivity contribution is 5.69. The van der Waals surface area contributed by atoms with Gasteiger partial charge in [-0.15, -0.1) is 0 Å². The van der Waals surface area contributed by atoms with Crippen LogP contribution in [0.15, 0.2) is 0 Å². The zero-order valence-corrected chi connectivity index (χ0v) is 41.3. The number of carbonyl (C=O) groups is 1. The summed E-state index contributed by atoms with van der Waals surface area (Å²) < 4.78 is 17.6. The first-order valence-electron chi connectivity index (χ1n) is 27.1. The number of hydrogen-bond acceptors (Lipinski definition) is 8. The number of carbonyl (C=O) groups excluding carboxylic acids is 1. The van der Waals surface area contributed by atoms with Crippen molar-refractivity contribution in [1.29, 1.82) is 0 Å². The summed E-state index contributed by atoms with van der Waals surface area (Å²) in [5.41, 5.74) is 0. The highest BCUT2D eigenvalue weighted by atomic mass is 16.6. The standard InChI is InChI=1S/C53H106N2O6/c1-5-9-13-17-19-25-33-49(31-23-15-11-7-3)47-60-52(57)35-27-21-29-39-54(41-42-55(43-44-56)51-37-45-59-46-38-51)40-30-22-28-36-53(58)61-48-50(32-24-16-12-8-4)34-26-20-18-14-10-6-2/h49-52,56-57H,5-48H2,1-4H3. The van der Waals surface area contributed by atoms with E-state index in [2.05, 4.69) is 37.5 Å². The van der Waals surface area contributed by atoms with Crippen LogP contribution in [-0.2, 0) is 19.0 Å². The second-order valence-electron chi connectivity index (χ2n) is 19.1. The third-order valence-corrected chi connectivity index (χ3v) is 13.4. The molecule has 8 heteroatoms. The lowest BCUT2D eigenvalue weighted by Gasteiger charge is -2.35. The van der Waals surface area contributed by atoms with Gasteiger partial charge in [0.25, 0.3) is 0 Å². The minimum atomic E-state index is -0.658. The fraction of sp³-hybridized carbons (Fsp3) is 0.981. The van der Waals surface area contributed by atoms with Gasteiger partial charge in [0.2, 0.25) is 0 Å². The molecule has 0 aromatic rings. The number of esters is 1. The Morgan fingerprint density at radius 2 is 0.984 bits per heavy atom. The summed E-state index contributed by atoms with van der Waals surface area (Å²) in [5.74, 6) is 1.07. The number of aliphatic hydroxyl groups is 2. The average molecular weight is 867 g/mol. The number of aliphatic hydroxyl groups excluding tert-OH is 2. The Morgan fingerprint density at radius 1 is 0.541 bits per heavy atom. The van der Waals surface area contributed by atoms with Crippen LogP contribution in [0.1, 0.15) is 246 Å². The zero-order chi connectivity index (χ0) is 44.3. The minimum absolute atomic E-state index is 0.0130. The van der Waals surface area contributed by atoms with Gasteiger partial charge in [0.05, 0.1) is 19.8 Å². The molecule has 1 rings (SSSR count). The molecule has 364 valence electrons. The summed E-state index contributed by atoms with van der Waals surface area (Å²) in [6.07, 6.45) is 39.8. The normalized spacial score (nSPS) is 15.2. The van der Waals surface area contributed by atoms with Crippen molar-refractivity contribution in [2.24, 2.45) is 11.8 Å². The molecule has 1 fully saturated rings. The van der Waals surface area contributed by atoms with Crippen molar-refractivity contribution < 1.29 is 29.2 Å². The molecule has 1 aliphatic rings. The molecule has 0 bridgehead atoms. The number of rotatable bonds is 47. The van der Waals surface area contributed by atoms with E-state index in [0.29, 0.717) is 43.9 Å². The van der Waals surface area contributed by atoms with Gasteiger partial charge >= 0.3 is 5.97 Å². The van der Waals surface area contributed by atoms with Crippen LogP contribution >= 0.6 is 0 Å². The molecule has 61 heavy (non-hydrogen) atoms. The van der Waals surface area contributed by atoms with E-state index in [1.807, 2.05) is 0 Å². The van der Waals surface area contributed by atoms with E-state index in [1.165, 1.54) is 154 Å². The summed E-state index contributed by atoms with van der Waals surface area (Å²) in [6.45, 7) is 16.9. The Labute approximate surface area is 379 Å². The van der Waals surface area contributed by atoms with Crippen molar-refractivity contribution in [3.63, 3.8) is 0 Å². The van der Waals surface area contributed by atoms with Crippen LogP contribution < -0.4 is 0 Å². The molecule has 0 spiro atoms. The van der Waals surface area contributed by atoms with Crippen LogP contribution in [0.4, 0.5) is 0 Å². The van der Waals surface area contributed by atoms with Crippen molar-refractivity contribution in [2.45, 2.75) is 258 Å². The van der Waals surface area contributed by atoms with Gasteiger partial charge in [0.15, 0.2) is 6.29 Å². The van der Waals surface area contributed by atoms with Crippen LogP contribution in [0.2, 0.25) is 0 Å². The molecule has 0 aliphatic carbocycles. The Bertz CT molecular complexity index is 904. The van der Waals surface area contributed by atoms with Gasteiger partial charge in [-0.1, -0.05) is 169 Å². The smallest absolute Gasteiger partial charge is 0.305 e. The second kappa shape index (κ2) is 44.4. The highest BCUT2D eigenvalue weighted by Crippen LogP contribution is 2.22. The van der Waals surface area contributed by atoms with Crippen molar-refractivity contribution in [3.05, 3.63) is 0 Å². The second-order valence-corrected chi connectivity index (χ2v) is 19.1. The first kappa shape index (κ1) is 58.2. The van der Waals surface area contributed by atoms with Crippen molar-refractivity contribution in [2.75, 3.05) is 65.8 Å². The predicted molar refractivity (Wildman–Crippen MR) is 259 cm³/mol. The quantitative estimate of drug-likeness (QED) is 0.0355. The summed E-state index contributed by atoms with van der Waals surface area (Å²) >= 11 is 0. The Hall–Kier alpha value is -0.770. The lowest BCUT2D eigenvalue weighted by atomic mass is 9.95.